The molecule has 0 saturated heterocycles. The summed E-state index contributed by atoms with van der Waals surface area (Å²) in [6, 6.07) is 22.3. The Hall–Kier alpha value is -2.29. The van der Waals surface area contributed by atoms with Gasteiger partial charge in [0.2, 0.25) is 0 Å². The molecule has 0 unspecified atom stereocenters. The van der Waals surface area contributed by atoms with Crippen LogP contribution in [-0.4, -0.2) is 16.4 Å². The number of benzene rings is 2. The third-order valence-corrected chi connectivity index (χ3v) is 5.29. The van der Waals surface area contributed by atoms with Gasteiger partial charge in [0.05, 0.1) is 0 Å². The zero-order chi connectivity index (χ0) is 17.6. The Morgan fingerprint density at radius 2 is 1.17 bits per heavy atom. The van der Waals surface area contributed by atoms with Crippen molar-refractivity contribution in [3.8, 4) is 0 Å². The molecule has 2 N–H and O–H groups in total. The molecule has 1 aliphatic carbocycles. The maximum absolute atomic E-state index is 8.56. The molecule has 0 atom stereocenters. The van der Waals surface area contributed by atoms with Crippen LogP contribution < -0.4 is 0 Å². The molecule has 1 fully saturated rings. The second-order valence-corrected chi connectivity index (χ2v) is 7.01. The van der Waals surface area contributed by atoms with Crippen LogP contribution in [0.25, 0.3) is 0 Å². The van der Waals surface area contributed by atoms with E-state index >= 15 is 0 Å². The fourth-order valence-electron chi connectivity index (χ4n) is 4.19. The molecule has 2 aromatic carbocycles. The average molecular weight is 326 g/mol. The minimum Gasteiger partial charge on any atom is -0.450 e. The topological polar surface area (TPSA) is 57.5 Å². The minimum atomic E-state index is -1.83. The van der Waals surface area contributed by atoms with Crippen molar-refractivity contribution in [2.24, 2.45) is 5.41 Å². The summed E-state index contributed by atoms with van der Waals surface area (Å²) < 4.78 is 0. The van der Waals surface area contributed by atoms with Gasteiger partial charge >= 0.3 is 6.16 Å². The van der Waals surface area contributed by atoms with Gasteiger partial charge in [-0.05, 0) is 29.4 Å². The zero-order valence-electron chi connectivity index (χ0n) is 14.4. The van der Waals surface area contributed by atoms with Crippen LogP contribution in [0.15, 0.2) is 60.7 Å². The van der Waals surface area contributed by atoms with E-state index in [1.54, 1.807) is 0 Å². The monoisotopic (exact) mass is 326 g/mol. The quantitative estimate of drug-likeness (QED) is 0.733. The minimum absolute atomic E-state index is 0.160. The molecule has 0 aromatic heterocycles. The third-order valence-electron chi connectivity index (χ3n) is 5.29. The fourth-order valence-corrected chi connectivity index (χ4v) is 4.19. The summed E-state index contributed by atoms with van der Waals surface area (Å²) >= 11 is 0. The van der Waals surface area contributed by atoms with Gasteiger partial charge in [-0.2, -0.15) is 0 Å². The smallest absolute Gasteiger partial charge is 0.450 e. The first kappa shape index (κ1) is 18.1. The van der Waals surface area contributed by atoms with E-state index in [2.05, 4.69) is 74.5 Å². The van der Waals surface area contributed by atoms with Crippen LogP contribution in [0.5, 0.6) is 0 Å². The predicted octanol–water partition coefficient (Wildman–Crippen LogP) is 5.80. The first-order chi connectivity index (χ1) is 11.4. The van der Waals surface area contributed by atoms with E-state index in [1.165, 1.54) is 36.8 Å². The fraction of sp³-hybridized carbons (Fsp3) is 0.381. The van der Waals surface area contributed by atoms with E-state index in [9.17, 15) is 0 Å². The molecule has 128 valence electrons. The van der Waals surface area contributed by atoms with Gasteiger partial charge in [0.25, 0.3) is 0 Å². The normalized spacial score (nSPS) is 18.1. The van der Waals surface area contributed by atoms with Crippen molar-refractivity contribution in [2.75, 3.05) is 0 Å². The second kappa shape index (κ2) is 7.52. The summed E-state index contributed by atoms with van der Waals surface area (Å²) in [5, 5.41) is 13.9. The van der Waals surface area contributed by atoms with E-state index in [4.69, 9.17) is 15.0 Å². The lowest BCUT2D eigenvalue weighted by Crippen LogP contribution is -2.45. The maximum Gasteiger partial charge on any atom is 0.503 e. The Balaban J connectivity index is 0.000000471. The summed E-state index contributed by atoms with van der Waals surface area (Å²) in [5.41, 5.74) is 3.42. The van der Waals surface area contributed by atoms with Crippen molar-refractivity contribution in [3.63, 3.8) is 0 Å². The SMILES string of the molecule is CC1(C)CCCCC1(c1ccccc1)c1ccccc1.O=C(O)O. The molecule has 3 heteroatoms. The lowest BCUT2D eigenvalue weighted by Gasteiger charge is -2.51. The van der Waals surface area contributed by atoms with Crippen LogP contribution in [0.2, 0.25) is 0 Å². The molecule has 0 radical (unpaired) electrons. The van der Waals surface area contributed by atoms with Crippen LogP contribution in [-0.2, 0) is 5.41 Å². The van der Waals surface area contributed by atoms with Crippen LogP contribution in [0.4, 0.5) is 4.79 Å². The lowest BCUT2D eigenvalue weighted by atomic mass is 9.52. The lowest BCUT2D eigenvalue weighted by molar-refractivity contribution is 0.128. The van der Waals surface area contributed by atoms with Crippen molar-refractivity contribution in [2.45, 2.75) is 44.9 Å². The maximum atomic E-state index is 8.56. The molecule has 24 heavy (non-hydrogen) atoms. The van der Waals surface area contributed by atoms with Gasteiger partial charge in [0.15, 0.2) is 0 Å². The van der Waals surface area contributed by atoms with Gasteiger partial charge in [-0.3, -0.25) is 0 Å². The second-order valence-electron chi connectivity index (χ2n) is 7.01. The highest BCUT2D eigenvalue weighted by molar-refractivity contribution is 5.53. The molecule has 0 heterocycles. The summed E-state index contributed by atoms with van der Waals surface area (Å²) in [4.78, 5) is 8.56. The molecular formula is C21H26O3. The van der Waals surface area contributed by atoms with Crippen LogP contribution in [0.3, 0.4) is 0 Å². The molecular weight excluding hydrogens is 300 g/mol. The molecule has 0 bridgehead atoms. The van der Waals surface area contributed by atoms with E-state index in [-0.39, 0.29) is 5.41 Å². The summed E-state index contributed by atoms with van der Waals surface area (Å²) in [5.74, 6) is 0. The molecule has 1 aliphatic rings. The summed E-state index contributed by atoms with van der Waals surface area (Å²) in [6.45, 7) is 4.90. The third kappa shape index (κ3) is 3.61. The Morgan fingerprint density at radius 3 is 1.54 bits per heavy atom. The highest BCUT2D eigenvalue weighted by atomic mass is 16.6. The zero-order valence-corrected chi connectivity index (χ0v) is 14.4. The first-order valence-corrected chi connectivity index (χ1v) is 8.43. The highest BCUT2D eigenvalue weighted by Crippen LogP contribution is 2.55. The highest BCUT2D eigenvalue weighted by Gasteiger charge is 2.48. The summed E-state index contributed by atoms with van der Waals surface area (Å²) in [7, 11) is 0. The molecule has 0 aliphatic heterocycles. The number of rotatable bonds is 2. The molecule has 3 rings (SSSR count). The van der Waals surface area contributed by atoms with Crippen molar-refractivity contribution >= 4 is 6.16 Å². The number of hydrogen-bond acceptors (Lipinski definition) is 1. The Morgan fingerprint density at radius 1 is 0.792 bits per heavy atom. The molecule has 3 nitrogen and oxygen atoms in total. The standard InChI is InChI=1S/C20H24.CH2O3/c1-19(2)15-9-10-16-20(19,17-11-5-3-6-12-17)18-13-7-4-8-14-18;2-1(3)4/h3-8,11-14H,9-10,15-16H2,1-2H3;(H2,2,3,4). The Bertz CT molecular complexity index is 604. The van der Waals surface area contributed by atoms with Crippen molar-refractivity contribution in [3.05, 3.63) is 71.8 Å². The molecule has 2 aromatic rings. The van der Waals surface area contributed by atoms with Crippen LogP contribution in [0, 0.1) is 5.41 Å². The predicted molar refractivity (Wildman–Crippen MR) is 96.6 cm³/mol. The van der Waals surface area contributed by atoms with E-state index < -0.39 is 6.16 Å². The van der Waals surface area contributed by atoms with Gasteiger partial charge in [-0.25, -0.2) is 4.79 Å². The first-order valence-electron chi connectivity index (χ1n) is 8.43. The average Bonchev–Trinajstić information content (AvgIpc) is 2.56. The summed E-state index contributed by atoms with van der Waals surface area (Å²) in [6.07, 6.45) is 3.41. The van der Waals surface area contributed by atoms with Crippen LogP contribution >= 0.6 is 0 Å². The Kier molecular flexibility index (Phi) is 5.66. The van der Waals surface area contributed by atoms with E-state index in [0.717, 1.165) is 0 Å². The van der Waals surface area contributed by atoms with Crippen molar-refractivity contribution in [1.82, 2.24) is 0 Å². The Labute approximate surface area is 144 Å². The van der Waals surface area contributed by atoms with E-state index in [0.29, 0.717) is 5.41 Å². The van der Waals surface area contributed by atoms with Crippen molar-refractivity contribution in [1.29, 1.82) is 0 Å². The number of carboxylic acid groups (broad SMARTS) is 2. The van der Waals surface area contributed by atoms with Crippen LogP contribution in [0.1, 0.15) is 50.7 Å². The largest absolute Gasteiger partial charge is 0.503 e. The number of carbonyl (C=O) groups is 1. The number of hydrogen-bond donors (Lipinski definition) is 2. The molecule has 1 saturated carbocycles. The van der Waals surface area contributed by atoms with Gasteiger partial charge in [0, 0.05) is 5.41 Å². The van der Waals surface area contributed by atoms with E-state index in [1.807, 2.05) is 0 Å². The van der Waals surface area contributed by atoms with Gasteiger partial charge in [-0.1, -0.05) is 87.4 Å². The van der Waals surface area contributed by atoms with Crippen molar-refractivity contribution < 1.29 is 15.0 Å². The van der Waals surface area contributed by atoms with Gasteiger partial charge in [0.1, 0.15) is 0 Å². The molecule has 0 amide bonds. The molecule has 0 spiro atoms. The van der Waals surface area contributed by atoms with Gasteiger partial charge in [-0.15, -0.1) is 0 Å². The van der Waals surface area contributed by atoms with Gasteiger partial charge < -0.3 is 10.2 Å².